The van der Waals surface area contributed by atoms with Gasteiger partial charge in [-0.05, 0) is 37.1 Å². The molecule has 0 atom stereocenters. The van der Waals surface area contributed by atoms with Crippen LogP contribution in [0.25, 0.3) is 10.9 Å². The summed E-state index contributed by atoms with van der Waals surface area (Å²) in [6.45, 7) is 3.74. The van der Waals surface area contributed by atoms with Gasteiger partial charge in [-0.2, -0.15) is 0 Å². The molecule has 0 radical (unpaired) electrons. The molecule has 72 valence electrons. The molecule has 0 bridgehead atoms. The lowest BCUT2D eigenvalue weighted by Crippen LogP contribution is -2.00. The molecule has 2 N–H and O–H groups in total. The summed E-state index contributed by atoms with van der Waals surface area (Å²) in [5, 5.41) is 9.97. The van der Waals surface area contributed by atoms with Crippen molar-refractivity contribution in [3.05, 3.63) is 35.0 Å². The number of aromatic nitrogens is 1. The van der Waals surface area contributed by atoms with Gasteiger partial charge < -0.3 is 10.1 Å². The van der Waals surface area contributed by atoms with Crippen molar-refractivity contribution in [3.63, 3.8) is 0 Å². The van der Waals surface area contributed by atoms with E-state index < -0.39 is 5.97 Å². The average Bonchev–Trinajstić information content (AvgIpc) is 2.59. The van der Waals surface area contributed by atoms with Crippen molar-refractivity contribution in [3.8, 4) is 0 Å². The molecule has 0 saturated carbocycles. The summed E-state index contributed by atoms with van der Waals surface area (Å²) in [5.74, 6) is -0.867. The number of carboxylic acid groups (broad SMARTS) is 1. The Hall–Kier alpha value is -1.77. The summed E-state index contributed by atoms with van der Waals surface area (Å²) in [6, 6.07) is 3.61. The molecule has 1 heterocycles. The molecule has 14 heavy (non-hydrogen) atoms. The third-order valence-electron chi connectivity index (χ3n) is 2.54. The predicted octanol–water partition coefficient (Wildman–Crippen LogP) is 2.48. The van der Waals surface area contributed by atoms with Crippen molar-refractivity contribution < 1.29 is 9.90 Å². The lowest BCUT2D eigenvalue weighted by Gasteiger charge is -2.05. The van der Waals surface area contributed by atoms with Crippen LogP contribution in [-0.2, 0) is 0 Å². The molecule has 3 heteroatoms. The summed E-state index contributed by atoms with van der Waals surface area (Å²) >= 11 is 0. The highest BCUT2D eigenvalue weighted by atomic mass is 16.4. The molecule has 0 aliphatic carbocycles. The van der Waals surface area contributed by atoms with Crippen molar-refractivity contribution in [2.24, 2.45) is 0 Å². The van der Waals surface area contributed by atoms with E-state index in [4.69, 9.17) is 5.11 Å². The first-order valence-corrected chi connectivity index (χ1v) is 4.42. The van der Waals surface area contributed by atoms with E-state index in [2.05, 4.69) is 4.98 Å². The third kappa shape index (κ3) is 1.09. The van der Waals surface area contributed by atoms with Gasteiger partial charge in [-0.3, -0.25) is 0 Å². The summed E-state index contributed by atoms with van der Waals surface area (Å²) in [5.41, 5.74) is 3.19. The van der Waals surface area contributed by atoms with Crippen LogP contribution in [0.2, 0.25) is 0 Å². The molecule has 0 unspecified atom stereocenters. The van der Waals surface area contributed by atoms with Gasteiger partial charge in [-0.1, -0.05) is 0 Å². The van der Waals surface area contributed by atoms with Gasteiger partial charge in [0.2, 0.25) is 0 Å². The first-order valence-electron chi connectivity index (χ1n) is 4.42. The Morgan fingerprint density at radius 2 is 2.14 bits per heavy atom. The maximum atomic E-state index is 10.9. The van der Waals surface area contributed by atoms with Crippen molar-refractivity contribution in [2.75, 3.05) is 0 Å². The van der Waals surface area contributed by atoms with Crippen molar-refractivity contribution in [1.29, 1.82) is 0 Å². The van der Waals surface area contributed by atoms with Gasteiger partial charge in [0.25, 0.3) is 0 Å². The zero-order chi connectivity index (χ0) is 10.3. The number of rotatable bonds is 1. The monoisotopic (exact) mass is 189 g/mol. The number of hydrogen-bond acceptors (Lipinski definition) is 1. The molecule has 2 rings (SSSR count). The summed E-state index contributed by atoms with van der Waals surface area (Å²) in [4.78, 5) is 14.0. The van der Waals surface area contributed by atoms with Crippen LogP contribution >= 0.6 is 0 Å². The number of carbonyl (C=O) groups is 1. The van der Waals surface area contributed by atoms with Gasteiger partial charge in [0.15, 0.2) is 0 Å². The molecule has 0 amide bonds. The van der Waals surface area contributed by atoms with Crippen LogP contribution in [0.5, 0.6) is 0 Å². The second kappa shape index (κ2) is 2.87. The minimum absolute atomic E-state index is 0.384. The highest BCUT2D eigenvalue weighted by Crippen LogP contribution is 2.24. The van der Waals surface area contributed by atoms with Gasteiger partial charge in [0, 0.05) is 17.1 Å². The number of benzene rings is 1. The van der Waals surface area contributed by atoms with Crippen LogP contribution < -0.4 is 0 Å². The molecule has 0 spiro atoms. The zero-order valence-corrected chi connectivity index (χ0v) is 8.09. The fourth-order valence-corrected chi connectivity index (χ4v) is 1.77. The lowest BCUT2D eigenvalue weighted by atomic mass is 10.0. The number of aryl methyl sites for hydroxylation is 2. The maximum absolute atomic E-state index is 10.9. The fourth-order valence-electron chi connectivity index (χ4n) is 1.77. The maximum Gasteiger partial charge on any atom is 0.335 e. The number of aromatic carboxylic acids is 1. The van der Waals surface area contributed by atoms with E-state index >= 15 is 0 Å². The zero-order valence-electron chi connectivity index (χ0n) is 8.09. The van der Waals surface area contributed by atoms with Crippen LogP contribution in [0.4, 0.5) is 0 Å². The van der Waals surface area contributed by atoms with Crippen molar-refractivity contribution in [1.82, 2.24) is 4.98 Å². The largest absolute Gasteiger partial charge is 0.478 e. The van der Waals surface area contributed by atoms with Crippen LogP contribution in [0, 0.1) is 13.8 Å². The first-order chi connectivity index (χ1) is 6.61. The smallest absolute Gasteiger partial charge is 0.335 e. The number of fused-ring (bicyclic) bond motifs is 1. The van der Waals surface area contributed by atoms with Gasteiger partial charge in [-0.25, -0.2) is 4.79 Å². The van der Waals surface area contributed by atoms with E-state index in [1.165, 1.54) is 0 Å². The lowest BCUT2D eigenvalue weighted by molar-refractivity contribution is 0.0696. The van der Waals surface area contributed by atoms with E-state index in [0.717, 1.165) is 22.0 Å². The second-order valence-electron chi connectivity index (χ2n) is 3.44. The Labute approximate surface area is 81.4 Å². The molecule has 1 aromatic heterocycles. The van der Waals surface area contributed by atoms with E-state index in [1.807, 2.05) is 26.1 Å². The van der Waals surface area contributed by atoms with Crippen LogP contribution in [0.3, 0.4) is 0 Å². The van der Waals surface area contributed by atoms with E-state index in [-0.39, 0.29) is 0 Å². The SMILES string of the molecule is Cc1c(C(=O)O)cc(C)c2[nH]ccc12. The number of nitrogens with one attached hydrogen (secondary N) is 1. The molecule has 0 saturated heterocycles. The van der Waals surface area contributed by atoms with Gasteiger partial charge in [0.05, 0.1) is 5.56 Å². The van der Waals surface area contributed by atoms with Crippen LogP contribution in [-0.4, -0.2) is 16.1 Å². The molecule has 1 aromatic carbocycles. The Balaban J connectivity index is 2.88. The third-order valence-corrected chi connectivity index (χ3v) is 2.54. The van der Waals surface area contributed by atoms with Crippen molar-refractivity contribution in [2.45, 2.75) is 13.8 Å². The van der Waals surface area contributed by atoms with E-state index in [9.17, 15) is 4.79 Å². The van der Waals surface area contributed by atoms with Crippen LogP contribution in [0.15, 0.2) is 18.3 Å². The van der Waals surface area contributed by atoms with Crippen LogP contribution in [0.1, 0.15) is 21.5 Å². The van der Waals surface area contributed by atoms with Gasteiger partial charge in [0.1, 0.15) is 0 Å². The topological polar surface area (TPSA) is 53.1 Å². The number of hydrogen-bond donors (Lipinski definition) is 2. The molecule has 2 aromatic rings. The van der Waals surface area contributed by atoms with Gasteiger partial charge >= 0.3 is 5.97 Å². The van der Waals surface area contributed by atoms with E-state index in [0.29, 0.717) is 5.56 Å². The first kappa shape index (κ1) is 8.81. The molecular formula is C11H11NO2. The Bertz CT molecular complexity index is 511. The average molecular weight is 189 g/mol. The minimum atomic E-state index is -0.867. The number of carboxylic acids is 1. The Morgan fingerprint density at radius 1 is 1.43 bits per heavy atom. The normalized spacial score (nSPS) is 10.7. The second-order valence-corrected chi connectivity index (χ2v) is 3.44. The Kier molecular flexibility index (Phi) is 1.81. The fraction of sp³-hybridized carbons (Fsp3) is 0.182. The quantitative estimate of drug-likeness (QED) is 0.724. The Morgan fingerprint density at radius 3 is 2.79 bits per heavy atom. The summed E-state index contributed by atoms with van der Waals surface area (Å²) in [6.07, 6.45) is 1.83. The summed E-state index contributed by atoms with van der Waals surface area (Å²) in [7, 11) is 0. The summed E-state index contributed by atoms with van der Waals surface area (Å²) < 4.78 is 0. The number of aromatic amines is 1. The minimum Gasteiger partial charge on any atom is -0.478 e. The standard InChI is InChI=1S/C11H11NO2/c1-6-5-9(11(13)14)7(2)8-3-4-12-10(6)8/h3-5,12H,1-2H3,(H,13,14). The molecule has 3 nitrogen and oxygen atoms in total. The molecule has 0 aliphatic heterocycles. The number of H-pyrrole nitrogens is 1. The highest BCUT2D eigenvalue weighted by molar-refractivity contribution is 5.98. The molecule has 0 fully saturated rings. The molecular weight excluding hydrogens is 178 g/mol. The van der Waals surface area contributed by atoms with E-state index in [1.54, 1.807) is 6.07 Å². The van der Waals surface area contributed by atoms with Crippen molar-refractivity contribution >= 4 is 16.9 Å². The highest BCUT2D eigenvalue weighted by Gasteiger charge is 2.12. The predicted molar refractivity (Wildman–Crippen MR) is 54.7 cm³/mol. The van der Waals surface area contributed by atoms with Gasteiger partial charge in [-0.15, -0.1) is 0 Å². The molecule has 0 aliphatic rings.